The van der Waals surface area contributed by atoms with Gasteiger partial charge in [0.1, 0.15) is 5.75 Å². The average Bonchev–Trinajstić information content (AvgIpc) is 2.98. The van der Waals surface area contributed by atoms with Crippen LogP contribution in [0, 0.1) is 0 Å². The molecule has 1 saturated heterocycles. The lowest BCUT2D eigenvalue weighted by atomic mass is 10.1. The van der Waals surface area contributed by atoms with Crippen LogP contribution in [0.5, 0.6) is 5.75 Å². The van der Waals surface area contributed by atoms with Crippen LogP contribution in [0.15, 0.2) is 18.2 Å². The zero-order valence-electron chi connectivity index (χ0n) is 13.5. The molecule has 1 N–H and O–H groups in total. The molecular weight excluding hydrogens is 264 g/mol. The number of hydrogen-bond donors (Lipinski definition) is 1. The van der Waals surface area contributed by atoms with Crippen LogP contribution in [0.3, 0.4) is 0 Å². The molecule has 118 valence electrons. The third kappa shape index (κ3) is 4.70. The summed E-state index contributed by atoms with van der Waals surface area (Å²) in [6.07, 6.45) is 2.24. The Balaban J connectivity index is 1.94. The maximum absolute atomic E-state index is 9.73. The van der Waals surface area contributed by atoms with E-state index < -0.39 is 6.10 Å². The van der Waals surface area contributed by atoms with Gasteiger partial charge in [-0.3, -0.25) is 0 Å². The van der Waals surface area contributed by atoms with Crippen LogP contribution >= 0.6 is 0 Å². The lowest BCUT2D eigenvalue weighted by Gasteiger charge is -2.22. The number of likely N-dealkylation sites (N-methyl/N-ethyl adjacent to an activating group) is 1. The maximum Gasteiger partial charge on any atom is 0.123 e. The molecule has 1 aliphatic rings. The van der Waals surface area contributed by atoms with E-state index in [0.29, 0.717) is 0 Å². The van der Waals surface area contributed by atoms with E-state index in [-0.39, 0.29) is 0 Å². The van der Waals surface area contributed by atoms with Crippen LogP contribution in [-0.4, -0.2) is 55.2 Å². The highest BCUT2D eigenvalue weighted by Gasteiger charge is 2.13. The van der Waals surface area contributed by atoms with Gasteiger partial charge in [0.05, 0.1) is 13.2 Å². The molecular formula is C17H28N2O2. The van der Waals surface area contributed by atoms with Crippen molar-refractivity contribution in [1.29, 1.82) is 0 Å². The van der Waals surface area contributed by atoms with E-state index in [1.54, 1.807) is 14.0 Å². The molecule has 1 aliphatic heterocycles. The number of aliphatic hydroxyl groups is 1. The summed E-state index contributed by atoms with van der Waals surface area (Å²) in [6.45, 7) is 7.32. The molecule has 1 aromatic carbocycles. The van der Waals surface area contributed by atoms with E-state index in [4.69, 9.17) is 4.74 Å². The number of nitrogens with zero attached hydrogens (tertiary/aromatic N) is 2. The van der Waals surface area contributed by atoms with Gasteiger partial charge in [-0.15, -0.1) is 0 Å². The lowest BCUT2D eigenvalue weighted by Crippen LogP contribution is -2.31. The molecule has 0 saturated carbocycles. The van der Waals surface area contributed by atoms with Crippen molar-refractivity contribution in [3.05, 3.63) is 29.3 Å². The lowest BCUT2D eigenvalue weighted by molar-refractivity contribution is 0.198. The second-order valence-corrected chi connectivity index (χ2v) is 6.03. The third-order valence-electron chi connectivity index (χ3n) is 4.22. The molecule has 0 radical (unpaired) electrons. The molecule has 1 aromatic rings. The number of hydrogen-bond acceptors (Lipinski definition) is 4. The summed E-state index contributed by atoms with van der Waals surface area (Å²) in [7, 11) is 3.84. The highest BCUT2D eigenvalue weighted by atomic mass is 16.5. The summed E-state index contributed by atoms with van der Waals surface area (Å²) in [4.78, 5) is 4.85. The first-order valence-electron chi connectivity index (χ1n) is 7.86. The van der Waals surface area contributed by atoms with Gasteiger partial charge in [0, 0.05) is 25.2 Å². The molecule has 0 spiro atoms. The fraction of sp³-hybridized carbons (Fsp3) is 0.647. The van der Waals surface area contributed by atoms with Crippen LogP contribution in [0.25, 0.3) is 0 Å². The van der Waals surface area contributed by atoms with Crippen molar-refractivity contribution in [2.75, 3.05) is 40.3 Å². The van der Waals surface area contributed by atoms with Gasteiger partial charge in [-0.1, -0.05) is 6.07 Å². The topological polar surface area (TPSA) is 35.9 Å². The van der Waals surface area contributed by atoms with Gasteiger partial charge < -0.3 is 19.6 Å². The second kappa shape index (κ2) is 7.78. The normalized spacial score (nSPS) is 17.4. The Kier molecular flexibility index (Phi) is 6.03. The van der Waals surface area contributed by atoms with Crippen molar-refractivity contribution in [2.45, 2.75) is 32.4 Å². The Hall–Kier alpha value is -1.10. The van der Waals surface area contributed by atoms with Gasteiger partial charge in [0.2, 0.25) is 0 Å². The van der Waals surface area contributed by atoms with Gasteiger partial charge in [-0.2, -0.15) is 0 Å². The molecule has 4 heteroatoms. The molecule has 1 fully saturated rings. The number of methoxy groups -OCH3 is 1. The summed E-state index contributed by atoms with van der Waals surface area (Å²) in [6, 6.07) is 5.93. The Bertz CT molecular complexity index is 442. The van der Waals surface area contributed by atoms with Gasteiger partial charge in [-0.05, 0) is 57.6 Å². The minimum absolute atomic E-state index is 0.440. The monoisotopic (exact) mass is 292 g/mol. The van der Waals surface area contributed by atoms with Crippen molar-refractivity contribution in [2.24, 2.45) is 0 Å². The van der Waals surface area contributed by atoms with E-state index in [9.17, 15) is 5.11 Å². The fourth-order valence-electron chi connectivity index (χ4n) is 2.87. The first kappa shape index (κ1) is 16.3. The summed E-state index contributed by atoms with van der Waals surface area (Å²) < 4.78 is 5.44. The molecule has 0 bridgehead atoms. The summed E-state index contributed by atoms with van der Waals surface area (Å²) in [5, 5.41) is 9.73. The molecule has 0 amide bonds. The minimum atomic E-state index is -0.440. The predicted octanol–water partition coefficient (Wildman–Crippen LogP) is 2.28. The van der Waals surface area contributed by atoms with Gasteiger partial charge >= 0.3 is 0 Å². The average molecular weight is 292 g/mol. The van der Waals surface area contributed by atoms with E-state index in [1.165, 1.54) is 25.9 Å². The largest absolute Gasteiger partial charge is 0.496 e. The van der Waals surface area contributed by atoms with E-state index in [2.05, 4.69) is 22.9 Å². The number of benzene rings is 1. The Morgan fingerprint density at radius 3 is 2.67 bits per heavy atom. The second-order valence-electron chi connectivity index (χ2n) is 6.03. The van der Waals surface area contributed by atoms with Crippen molar-refractivity contribution < 1.29 is 9.84 Å². The quantitative estimate of drug-likeness (QED) is 0.836. The Morgan fingerprint density at radius 2 is 2.05 bits per heavy atom. The molecule has 1 heterocycles. The number of rotatable bonds is 7. The summed E-state index contributed by atoms with van der Waals surface area (Å²) in [5.74, 6) is 0.896. The number of ether oxygens (including phenoxy) is 1. The van der Waals surface area contributed by atoms with Crippen molar-refractivity contribution in [3.8, 4) is 5.75 Å². The maximum atomic E-state index is 9.73. The first-order valence-corrected chi connectivity index (χ1v) is 7.86. The van der Waals surface area contributed by atoms with Crippen molar-refractivity contribution in [1.82, 2.24) is 9.80 Å². The van der Waals surface area contributed by atoms with E-state index in [1.807, 2.05) is 12.1 Å². The van der Waals surface area contributed by atoms with Crippen LogP contribution < -0.4 is 4.74 Å². The molecule has 0 aliphatic carbocycles. The van der Waals surface area contributed by atoms with Crippen LogP contribution in [0.2, 0.25) is 0 Å². The molecule has 0 aromatic heterocycles. The number of likely N-dealkylation sites (tertiary alicyclic amines) is 1. The van der Waals surface area contributed by atoms with Gasteiger partial charge in [0.15, 0.2) is 0 Å². The SMILES string of the molecule is COc1ccc(C(C)O)cc1CN(C)CCN1CCCC1. The van der Waals surface area contributed by atoms with Crippen molar-refractivity contribution >= 4 is 0 Å². The zero-order valence-corrected chi connectivity index (χ0v) is 13.5. The van der Waals surface area contributed by atoms with Crippen molar-refractivity contribution in [3.63, 3.8) is 0 Å². The van der Waals surface area contributed by atoms with E-state index >= 15 is 0 Å². The zero-order chi connectivity index (χ0) is 15.2. The van der Waals surface area contributed by atoms with Crippen LogP contribution in [0.1, 0.15) is 37.0 Å². The summed E-state index contributed by atoms with van der Waals surface area (Å²) in [5.41, 5.74) is 2.08. The Labute approximate surface area is 128 Å². The highest BCUT2D eigenvalue weighted by molar-refractivity contribution is 5.38. The molecule has 2 rings (SSSR count). The molecule has 1 unspecified atom stereocenters. The highest BCUT2D eigenvalue weighted by Crippen LogP contribution is 2.24. The van der Waals surface area contributed by atoms with Gasteiger partial charge in [-0.25, -0.2) is 0 Å². The van der Waals surface area contributed by atoms with Crippen LogP contribution in [-0.2, 0) is 6.54 Å². The molecule has 1 atom stereocenters. The summed E-state index contributed by atoms with van der Waals surface area (Å²) >= 11 is 0. The minimum Gasteiger partial charge on any atom is -0.496 e. The molecule has 21 heavy (non-hydrogen) atoms. The number of aliphatic hydroxyl groups excluding tert-OH is 1. The first-order chi connectivity index (χ1) is 10.1. The third-order valence-corrected chi connectivity index (χ3v) is 4.22. The fourth-order valence-corrected chi connectivity index (χ4v) is 2.87. The molecule has 4 nitrogen and oxygen atoms in total. The smallest absolute Gasteiger partial charge is 0.123 e. The van der Waals surface area contributed by atoms with E-state index in [0.717, 1.165) is 36.5 Å². The van der Waals surface area contributed by atoms with Crippen LogP contribution in [0.4, 0.5) is 0 Å². The standard InChI is InChI=1S/C17H28N2O2/c1-14(20)15-6-7-17(21-3)16(12-15)13-18(2)10-11-19-8-4-5-9-19/h6-7,12,14,20H,4-5,8-11,13H2,1-3H3. The predicted molar refractivity (Wildman–Crippen MR) is 85.6 cm³/mol. The van der Waals surface area contributed by atoms with Gasteiger partial charge in [0.25, 0.3) is 0 Å². The Morgan fingerprint density at radius 1 is 1.33 bits per heavy atom.